The third-order valence-corrected chi connectivity index (χ3v) is 3.11. The molecule has 2 heterocycles. The fraction of sp³-hybridized carbons (Fsp3) is 0.615. The zero-order valence-electron chi connectivity index (χ0n) is 10.7. The molecule has 1 saturated heterocycles. The molecule has 0 spiro atoms. The molecule has 0 aromatic carbocycles. The Bertz CT molecular complexity index is 358. The normalized spacial score (nSPS) is 18.8. The number of hydrogen-bond donors (Lipinski definition) is 1. The van der Waals surface area contributed by atoms with Crippen LogP contribution in [0.15, 0.2) is 22.8 Å². The summed E-state index contributed by atoms with van der Waals surface area (Å²) in [5.74, 6) is 0.761. The van der Waals surface area contributed by atoms with E-state index < -0.39 is 0 Å². The lowest BCUT2D eigenvalue weighted by Gasteiger charge is -2.24. The van der Waals surface area contributed by atoms with Crippen LogP contribution in [0.2, 0.25) is 0 Å². The first-order chi connectivity index (χ1) is 8.79. The summed E-state index contributed by atoms with van der Waals surface area (Å²) < 4.78 is 10.7. The van der Waals surface area contributed by atoms with E-state index in [4.69, 9.17) is 9.15 Å². The maximum Gasteiger partial charge on any atom is 0.317 e. The molecule has 100 valence electrons. The van der Waals surface area contributed by atoms with Crippen molar-refractivity contribution < 1.29 is 13.9 Å². The highest BCUT2D eigenvalue weighted by Gasteiger charge is 2.21. The Morgan fingerprint density at radius 3 is 3.11 bits per heavy atom. The first-order valence-corrected chi connectivity index (χ1v) is 6.46. The van der Waals surface area contributed by atoms with Gasteiger partial charge in [-0.1, -0.05) is 0 Å². The van der Waals surface area contributed by atoms with Crippen molar-refractivity contribution in [2.45, 2.75) is 32.4 Å². The highest BCUT2D eigenvalue weighted by Crippen LogP contribution is 2.13. The van der Waals surface area contributed by atoms with Crippen molar-refractivity contribution >= 4 is 6.03 Å². The summed E-state index contributed by atoms with van der Waals surface area (Å²) in [4.78, 5) is 13.8. The van der Waals surface area contributed by atoms with Crippen LogP contribution < -0.4 is 5.32 Å². The Kier molecular flexibility index (Phi) is 4.64. The number of furan rings is 1. The minimum atomic E-state index is -0.0654. The molecule has 1 aromatic heterocycles. The quantitative estimate of drug-likeness (QED) is 0.872. The van der Waals surface area contributed by atoms with Gasteiger partial charge in [0.15, 0.2) is 0 Å². The maximum atomic E-state index is 12.0. The SMILES string of the molecule is CCN(C[C@@H]1CCCO1)C(=O)NCc1ccco1. The van der Waals surface area contributed by atoms with Crippen LogP contribution in [0.4, 0.5) is 4.79 Å². The van der Waals surface area contributed by atoms with E-state index in [1.54, 1.807) is 11.2 Å². The average molecular weight is 252 g/mol. The fourth-order valence-corrected chi connectivity index (χ4v) is 2.08. The molecule has 2 amide bonds. The van der Waals surface area contributed by atoms with E-state index in [9.17, 15) is 4.79 Å². The summed E-state index contributed by atoms with van der Waals surface area (Å²) in [5.41, 5.74) is 0. The number of nitrogens with one attached hydrogen (secondary N) is 1. The average Bonchev–Trinajstić information content (AvgIpc) is 3.06. The van der Waals surface area contributed by atoms with Gasteiger partial charge in [-0.15, -0.1) is 0 Å². The van der Waals surface area contributed by atoms with Gasteiger partial charge in [0.25, 0.3) is 0 Å². The number of nitrogens with zero attached hydrogens (tertiary/aromatic N) is 1. The lowest BCUT2D eigenvalue weighted by Crippen LogP contribution is -2.43. The zero-order valence-corrected chi connectivity index (χ0v) is 10.7. The first-order valence-electron chi connectivity index (χ1n) is 6.46. The number of hydrogen-bond acceptors (Lipinski definition) is 3. The minimum absolute atomic E-state index is 0.0654. The molecule has 18 heavy (non-hydrogen) atoms. The molecule has 5 nitrogen and oxygen atoms in total. The van der Waals surface area contributed by atoms with Crippen LogP contribution in [0.3, 0.4) is 0 Å². The van der Waals surface area contributed by atoms with Gasteiger partial charge in [-0.05, 0) is 31.9 Å². The summed E-state index contributed by atoms with van der Waals surface area (Å²) in [6, 6.07) is 3.59. The standard InChI is InChI=1S/C13H20N2O3/c1-2-15(10-12-6-4-8-18-12)13(16)14-9-11-5-3-7-17-11/h3,5,7,12H,2,4,6,8-10H2,1H3,(H,14,16)/t12-/m0/s1. The summed E-state index contributed by atoms with van der Waals surface area (Å²) in [5, 5.41) is 2.85. The topological polar surface area (TPSA) is 54.7 Å². The summed E-state index contributed by atoms with van der Waals surface area (Å²) in [6.45, 7) is 4.57. The van der Waals surface area contributed by atoms with Gasteiger partial charge < -0.3 is 19.4 Å². The lowest BCUT2D eigenvalue weighted by molar-refractivity contribution is 0.0825. The third-order valence-electron chi connectivity index (χ3n) is 3.11. The van der Waals surface area contributed by atoms with Gasteiger partial charge in [0.2, 0.25) is 0 Å². The van der Waals surface area contributed by atoms with E-state index in [1.807, 2.05) is 19.1 Å². The Hall–Kier alpha value is -1.49. The van der Waals surface area contributed by atoms with Crippen molar-refractivity contribution in [3.05, 3.63) is 24.2 Å². The van der Waals surface area contributed by atoms with Gasteiger partial charge in [0.05, 0.1) is 18.9 Å². The maximum absolute atomic E-state index is 12.0. The predicted octanol–water partition coefficient (Wildman–Crippen LogP) is 1.99. The molecule has 1 N–H and O–H groups in total. The van der Waals surface area contributed by atoms with Crippen LogP contribution in [0.25, 0.3) is 0 Å². The molecular weight excluding hydrogens is 232 g/mol. The molecule has 1 aliphatic heterocycles. The van der Waals surface area contributed by atoms with E-state index in [1.165, 1.54) is 0 Å². The molecule has 0 radical (unpaired) electrons. The molecular formula is C13H20N2O3. The molecule has 2 rings (SSSR count). The monoisotopic (exact) mass is 252 g/mol. The van der Waals surface area contributed by atoms with E-state index >= 15 is 0 Å². The number of likely N-dealkylation sites (N-methyl/N-ethyl adjacent to an activating group) is 1. The lowest BCUT2D eigenvalue weighted by atomic mass is 10.2. The molecule has 0 aliphatic carbocycles. The van der Waals surface area contributed by atoms with Gasteiger partial charge in [0.1, 0.15) is 5.76 Å². The number of rotatable bonds is 5. The predicted molar refractivity (Wildman–Crippen MR) is 67.2 cm³/mol. The van der Waals surface area contributed by atoms with Gasteiger partial charge in [0, 0.05) is 19.7 Å². The summed E-state index contributed by atoms with van der Waals surface area (Å²) in [7, 11) is 0. The van der Waals surface area contributed by atoms with Crippen molar-refractivity contribution in [1.29, 1.82) is 0 Å². The van der Waals surface area contributed by atoms with Crippen molar-refractivity contribution in [1.82, 2.24) is 10.2 Å². The van der Waals surface area contributed by atoms with E-state index in [0.29, 0.717) is 19.6 Å². The second-order valence-electron chi connectivity index (χ2n) is 4.41. The van der Waals surface area contributed by atoms with Gasteiger partial charge in [-0.2, -0.15) is 0 Å². The van der Waals surface area contributed by atoms with Crippen molar-refractivity contribution in [2.24, 2.45) is 0 Å². The van der Waals surface area contributed by atoms with Crippen molar-refractivity contribution in [3.8, 4) is 0 Å². The molecule has 1 aliphatic rings. The number of carbonyl (C=O) groups excluding carboxylic acids is 1. The first kappa shape index (κ1) is 13.0. The van der Waals surface area contributed by atoms with E-state index in [-0.39, 0.29) is 12.1 Å². The second-order valence-corrected chi connectivity index (χ2v) is 4.41. The van der Waals surface area contributed by atoms with E-state index in [2.05, 4.69) is 5.32 Å². The smallest absolute Gasteiger partial charge is 0.317 e. The van der Waals surface area contributed by atoms with Crippen molar-refractivity contribution in [2.75, 3.05) is 19.7 Å². The third kappa shape index (κ3) is 3.50. The summed E-state index contributed by atoms with van der Waals surface area (Å²) >= 11 is 0. The Morgan fingerprint density at radius 1 is 1.61 bits per heavy atom. The van der Waals surface area contributed by atoms with Crippen LogP contribution in [0.1, 0.15) is 25.5 Å². The Morgan fingerprint density at radius 2 is 2.50 bits per heavy atom. The molecule has 0 unspecified atom stereocenters. The summed E-state index contributed by atoms with van der Waals surface area (Å²) in [6.07, 6.45) is 3.93. The minimum Gasteiger partial charge on any atom is -0.467 e. The Balaban J connectivity index is 1.77. The second kappa shape index (κ2) is 6.44. The molecule has 1 fully saturated rings. The molecule has 0 bridgehead atoms. The largest absolute Gasteiger partial charge is 0.467 e. The number of amides is 2. The van der Waals surface area contributed by atoms with Crippen LogP contribution in [-0.2, 0) is 11.3 Å². The van der Waals surface area contributed by atoms with Crippen LogP contribution in [0.5, 0.6) is 0 Å². The molecule has 0 saturated carbocycles. The zero-order chi connectivity index (χ0) is 12.8. The van der Waals surface area contributed by atoms with E-state index in [0.717, 1.165) is 25.2 Å². The van der Waals surface area contributed by atoms with Gasteiger partial charge in [-0.25, -0.2) is 4.79 Å². The highest BCUT2D eigenvalue weighted by molar-refractivity contribution is 5.74. The molecule has 1 aromatic rings. The Labute approximate surface area is 107 Å². The van der Waals surface area contributed by atoms with Gasteiger partial charge in [-0.3, -0.25) is 0 Å². The van der Waals surface area contributed by atoms with Gasteiger partial charge >= 0.3 is 6.03 Å². The molecule has 5 heteroatoms. The van der Waals surface area contributed by atoms with Crippen molar-refractivity contribution in [3.63, 3.8) is 0 Å². The number of urea groups is 1. The number of carbonyl (C=O) groups is 1. The van der Waals surface area contributed by atoms with Crippen LogP contribution >= 0.6 is 0 Å². The van der Waals surface area contributed by atoms with Crippen LogP contribution in [0, 0.1) is 0 Å². The highest BCUT2D eigenvalue weighted by atomic mass is 16.5. The fourth-order valence-electron chi connectivity index (χ4n) is 2.08. The number of ether oxygens (including phenoxy) is 1. The van der Waals surface area contributed by atoms with Crippen LogP contribution in [-0.4, -0.2) is 36.7 Å². The molecule has 1 atom stereocenters.